The highest BCUT2D eigenvalue weighted by Gasteiger charge is 2.51. The summed E-state index contributed by atoms with van der Waals surface area (Å²) in [5.74, 6) is 1.82. The molecule has 0 atom stereocenters. The second-order valence-electron chi connectivity index (χ2n) is 12.0. The van der Waals surface area contributed by atoms with Crippen LogP contribution in [0.3, 0.4) is 0 Å². The molecule has 10 rings (SSSR count). The Morgan fingerprint density at radius 3 is 1.78 bits per heavy atom. The van der Waals surface area contributed by atoms with Gasteiger partial charge in [-0.25, -0.2) is 0 Å². The number of fused-ring (bicyclic) bond motifs is 13. The number of rotatable bonds is 2. The van der Waals surface area contributed by atoms with Gasteiger partial charge in [0.1, 0.15) is 5.75 Å². The van der Waals surface area contributed by atoms with Gasteiger partial charge >= 0.3 is 0 Å². The van der Waals surface area contributed by atoms with Gasteiger partial charge in [-0.1, -0.05) is 140 Å². The van der Waals surface area contributed by atoms with Gasteiger partial charge in [-0.05, 0) is 57.6 Å². The zero-order valence-corrected chi connectivity index (χ0v) is 24.4. The molecule has 0 bridgehead atoms. The van der Waals surface area contributed by atoms with Crippen molar-refractivity contribution < 1.29 is 4.74 Å². The van der Waals surface area contributed by atoms with Crippen LogP contribution in [0.5, 0.6) is 11.5 Å². The summed E-state index contributed by atoms with van der Waals surface area (Å²) in [5.41, 5.74) is 12.8. The first kappa shape index (κ1) is 24.6. The van der Waals surface area contributed by atoms with E-state index >= 15 is 0 Å². The van der Waals surface area contributed by atoms with E-state index in [1.807, 2.05) is 0 Å². The third-order valence-electron chi connectivity index (χ3n) is 9.88. The molecule has 0 saturated heterocycles. The topological polar surface area (TPSA) is 14.2 Å². The predicted octanol–water partition coefficient (Wildman–Crippen LogP) is 10.9. The molecule has 0 unspecified atom stereocenters. The summed E-state index contributed by atoms with van der Waals surface area (Å²) in [6, 6.07) is 59.2. The van der Waals surface area contributed by atoms with E-state index < -0.39 is 5.41 Å². The lowest BCUT2D eigenvalue weighted by atomic mass is 9.66. The van der Waals surface area contributed by atoms with Gasteiger partial charge in [-0.3, -0.25) is 0 Å². The lowest BCUT2D eigenvalue weighted by Gasteiger charge is -2.39. The van der Waals surface area contributed by atoms with Gasteiger partial charge in [0.25, 0.3) is 0 Å². The quantitative estimate of drug-likeness (QED) is 0.201. The maximum absolute atomic E-state index is 7.07. The third kappa shape index (κ3) is 3.18. The summed E-state index contributed by atoms with van der Waals surface area (Å²) in [6.07, 6.45) is 0. The molecule has 0 N–H and O–H groups in total. The van der Waals surface area contributed by atoms with Crippen LogP contribution in [0.15, 0.2) is 164 Å². The maximum atomic E-state index is 7.07. The van der Waals surface area contributed by atoms with E-state index in [-0.39, 0.29) is 0 Å². The van der Waals surface area contributed by atoms with Gasteiger partial charge in [0.2, 0.25) is 0 Å². The molecule has 2 aliphatic rings. The second kappa shape index (κ2) is 9.07. The van der Waals surface area contributed by atoms with Crippen LogP contribution in [-0.2, 0) is 5.41 Å². The minimum atomic E-state index is -0.496. The normalized spacial score (nSPS) is 13.7. The molecule has 0 amide bonds. The molecule has 0 saturated carbocycles. The van der Waals surface area contributed by atoms with Crippen molar-refractivity contribution >= 4 is 21.8 Å². The van der Waals surface area contributed by atoms with E-state index in [2.05, 4.69) is 168 Å². The Kier molecular flexibility index (Phi) is 4.95. The average Bonchev–Trinajstić information content (AvgIpc) is 3.61. The molecule has 210 valence electrons. The van der Waals surface area contributed by atoms with E-state index in [0.29, 0.717) is 0 Å². The van der Waals surface area contributed by atoms with Gasteiger partial charge in [0, 0.05) is 27.6 Å². The van der Waals surface area contributed by atoms with Crippen LogP contribution in [0.4, 0.5) is 0 Å². The summed E-state index contributed by atoms with van der Waals surface area (Å²) < 4.78 is 9.47. The fourth-order valence-corrected chi connectivity index (χ4v) is 8.06. The number of ether oxygens (including phenoxy) is 1. The molecular weight excluding hydrogens is 546 g/mol. The van der Waals surface area contributed by atoms with E-state index in [1.54, 1.807) is 0 Å². The zero-order valence-electron chi connectivity index (χ0n) is 24.4. The largest absolute Gasteiger partial charge is 0.454 e. The van der Waals surface area contributed by atoms with E-state index in [9.17, 15) is 0 Å². The molecular formula is C43H27NO. The van der Waals surface area contributed by atoms with Crippen molar-refractivity contribution in [3.05, 3.63) is 186 Å². The van der Waals surface area contributed by atoms with Crippen LogP contribution >= 0.6 is 0 Å². The number of nitrogens with zero attached hydrogens (tertiary/aromatic N) is 1. The number of hydrogen-bond acceptors (Lipinski definition) is 1. The van der Waals surface area contributed by atoms with Gasteiger partial charge in [-0.2, -0.15) is 0 Å². The zero-order chi connectivity index (χ0) is 29.5. The molecule has 0 fully saturated rings. The molecule has 45 heavy (non-hydrogen) atoms. The summed E-state index contributed by atoms with van der Waals surface area (Å²) >= 11 is 0. The SMILES string of the molecule is c1ccc(-c2ccc(-n3c4ccccc4c4ccc5c(c43)Oc3ccccc3C53c4ccccc4-c4ccccc43)cc2)cc1. The lowest BCUT2D eigenvalue weighted by Crippen LogP contribution is -2.32. The fraction of sp³-hybridized carbons (Fsp3) is 0.0233. The van der Waals surface area contributed by atoms with Crippen molar-refractivity contribution in [3.8, 4) is 39.4 Å². The van der Waals surface area contributed by atoms with Crippen LogP contribution in [-0.4, -0.2) is 4.57 Å². The van der Waals surface area contributed by atoms with Crippen LogP contribution < -0.4 is 4.74 Å². The second-order valence-corrected chi connectivity index (χ2v) is 12.0. The predicted molar refractivity (Wildman–Crippen MR) is 184 cm³/mol. The molecule has 0 radical (unpaired) electrons. The van der Waals surface area contributed by atoms with Crippen molar-refractivity contribution in [1.82, 2.24) is 4.57 Å². The first-order valence-corrected chi connectivity index (χ1v) is 15.5. The highest BCUT2D eigenvalue weighted by atomic mass is 16.5. The average molecular weight is 574 g/mol. The molecule has 2 heteroatoms. The number of para-hydroxylation sites is 2. The highest BCUT2D eigenvalue weighted by Crippen LogP contribution is 2.63. The Bertz CT molecular complexity index is 2400. The van der Waals surface area contributed by atoms with Crippen molar-refractivity contribution in [1.29, 1.82) is 0 Å². The van der Waals surface area contributed by atoms with Crippen LogP contribution in [0.2, 0.25) is 0 Å². The monoisotopic (exact) mass is 573 g/mol. The van der Waals surface area contributed by atoms with E-state index in [4.69, 9.17) is 4.74 Å². The summed E-state index contributed by atoms with van der Waals surface area (Å²) in [6.45, 7) is 0. The number of aromatic nitrogens is 1. The van der Waals surface area contributed by atoms with Crippen LogP contribution in [0, 0.1) is 0 Å². The minimum Gasteiger partial charge on any atom is -0.454 e. The van der Waals surface area contributed by atoms with Crippen molar-refractivity contribution in [3.63, 3.8) is 0 Å². The molecule has 8 aromatic rings. The highest BCUT2D eigenvalue weighted by molar-refractivity contribution is 6.12. The van der Waals surface area contributed by atoms with Crippen LogP contribution in [0.1, 0.15) is 22.3 Å². The van der Waals surface area contributed by atoms with E-state index in [1.165, 1.54) is 55.3 Å². The van der Waals surface area contributed by atoms with Gasteiger partial charge in [0.05, 0.1) is 16.4 Å². The molecule has 1 aromatic heterocycles. The Morgan fingerprint density at radius 1 is 0.422 bits per heavy atom. The fourth-order valence-electron chi connectivity index (χ4n) is 8.06. The molecule has 1 aliphatic carbocycles. The first-order valence-electron chi connectivity index (χ1n) is 15.5. The summed E-state index contributed by atoms with van der Waals surface area (Å²) in [5, 5.41) is 2.40. The smallest absolute Gasteiger partial charge is 0.156 e. The Balaban J connectivity index is 1.33. The first-order chi connectivity index (χ1) is 22.3. The Labute approximate surface area is 261 Å². The maximum Gasteiger partial charge on any atom is 0.156 e. The van der Waals surface area contributed by atoms with Gasteiger partial charge in [0.15, 0.2) is 5.75 Å². The minimum absolute atomic E-state index is 0.496. The molecule has 1 spiro atoms. The third-order valence-corrected chi connectivity index (χ3v) is 9.88. The lowest BCUT2D eigenvalue weighted by molar-refractivity contribution is 0.440. The van der Waals surface area contributed by atoms with Crippen molar-refractivity contribution in [2.45, 2.75) is 5.41 Å². The molecule has 2 nitrogen and oxygen atoms in total. The van der Waals surface area contributed by atoms with Gasteiger partial charge in [-0.15, -0.1) is 0 Å². The van der Waals surface area contributed by atoms with Crippen molar-refractivity contribution in [2.75, 3.05) is 0 Å². The van der Waals surface area contributed by atoms with Gasteiger partial charge < -0.3 is 9.30 Å². The number of hydrogen-bond donors (Lipinski definition) is 0. The van der Waals surface area contributed by atoms with E-state index in [0.717, 1.165) is 28.2 Å². The Morgan fingerprint density at radius 2 is 1.02 bits per heavy atom. The molecule has 7 aromatic carbocycles. The Hall–Kier alpha value is -5.86. The standard InChI is InChI=1S/C43H27NO/c1-2-12-28(13-3-1)29-22-24-30(25-23-29)44-39-20-10-6-16-33(39)34-26-27-38-42(41(34)44)45-40-21-11-9-19-37(40)43(38)35-17-7-4-14-31(35)32-15-5-8-18-36(32)43/h1-27H. The summed E-state index contributed by atoms with van der Waals surface area (Å²) in [4.78, 5) is 0. The van der Waals surface area contributed by atoms with Crippen LogP contribution in [0.25, 0.3) is 49.7 Å². The number of benzene rings is 7. The summed E-state index contributed by atoms with van der Waals surface area (Å²) in [7, 11) is 0. The molecule has 1 aliphatic heterocycles. The molecule has 2 heterocycles. The van der Waals surface area contributed by atoms with Crippen molar-refractivity contribution in [2.24, 2.45) is 0 Å².